The Labute approximate surface area is 113 Å². The summed E-state index contributed by atoms with van der Waals surface area (Å²) < 4.78 is 5.45. The van der Waals surface area contributed by atoms with Gasteiger partial charge in [-0.2, -0.15) is 0 Å². The molecule has 1 amide bonds. The molecule has 1 aromatic rings. The zero-order valence-electron chi connectivity index (χ0n) is 11.3. The van der Waals surface area contributed by atoms with Gasteiger partial charge in [-0.05, 0) is 25.5 Å². The van der Waals surface area contributed by atoms with Crippen molar-refractivity contribution in [2.75, 3.05) is 13.2 Å². The minimum atomic E-state index is -0.151. The van der Waals surface area contributed by atoms with E-state index in [0.29, 0.717) is 23.6 Å². The summed E-state index contributed by atoms with van der Waals surface area (Å²) >= 11 is 0. The fourth-order valence-corrected chi connectivity index (χ4v) is 1.54. The van der Waals surface area contributed by atoms with E-state index < -0.39 is 0 Å². The van der Waals surface area contributed by atoms with E-state index in [2.05, 4.69) is 17.4 Å². The van der Waals surface area contributed by atoms with Crippen molar-refractivity contribution in [2.24, 2.45) is 5.16 Å². The molecule has 1 aromatic carbocycles. The summed E-state index contributed by atoms with van der Waals surface area (Å²) in [4.78, 5) is 11.5. The highest BCUT2D eigenvalue weighted by Gasteiger charge is 2.08. The molecule has 0 radical (unpaired) electrons. The standard InChI is InChI=1S/C14H20N2O3/c1-3-4-9-15-14(17)10-19-13-8-6-5-7-12(13)11(2)16-18/h5-8,18H,3-4,9-10H2,1-2H3,(H,15,17)/b16-11+. The normalized spacial score (nSPS) is 11.2. The Balaban J connectivity index is 2.56. The maximum absolute atomic E-state index is 11.5. The zero-order valence-corrected chi connectivity index (χ0v) is 11.3. The predicted octanol–water partition coefficient (Wildman–Crippen LogP) is 2.18. The van der Waals surface area contributed by atoms with Crippen LogP contribution in [-0.2, 0) is 4.79 Å². The molecule has 0 unspecified atom stereocenters. The molecular weight excluding hydrogens is 244 g/mol. The van der Waals surface area contributed by atoms with E-state index in [-0.39, 0.29) is 12.5 Å². The van der Waals surface area contributed by atoms with Gasteiger partial charge in [0.05, 0.1) is 5.71 Å². The van der Waals surface area contributed by atoms with Gasteiger partial charge in [0.25, 0.3) is 5.91 Å². The lowest BCUT2D eigenvalue weighted by atomic mass is 10.1. The number of hydrogen-bond acceptors (Lipinski definition) is 4. The van der Waals surface area contributed by atoms with Gasteiger partial charge in [0.15, 0.2) is 6.61 Å². The van der Waals surface area contributed by atoms with Crippen molar-refractivity contribution in [2.45, 2.75) is 26.7 Å². The monoisotopic (exact) mass is 264 g/mol. The second-order valence-electron chi connectivity index (χ2n) is 4.17. The van der Waals surface area contributed by atoms with Gasteiger partial charge in [0.2, 0.25) is 0 Å². The molecule has 0 fully saturated rings. The van der Waals surface area contributed by atoms with Gasteiger partial charge >= 0.3 is 0 Å². The predicted molar refractivity (Wildman–Crippen MR) is 73.9 cm³/mol. The summed E-state index contributed by atoms with van der Waals surface area (Å²) in [5.41, 5.74) is 1.12. The SMILES string of the molecule is CCCCNC(=O)COc1ccccc1/C(C)=N/O. The molecule has 0 atom stereocenters. The third kappa shape index (κ3) is 4.99. The van der Waals surface area contributed by atoms with Crippen molar-refractivity contribution in [3.63, 3.8) is 0 Å². The van der Waals surface area contributed by atoms with Crippen molar-refractivity contribution in [1.82, 2.24) is 5.32 Å². The minimum Gasteiger partial charge on any atom is -0.483 e. The number of amides is 1. The number of para-hydroxylation sites is 1. The van der Waals surface area contributed by atoms with Crippen LogP contribution < -0.4 is 10.1 Å². The number of benzene rings is 1. The van der Waals surface area contributed by atoms with E-state index in [4.69, 9.17) is 9.94 Å². The van der Waals surface area contributed by atoms with Gasteiger partial charge in [-0.25, -0.2) is 0 Å². The van der Waals surface area contributed by atoms with E-state index >= 15 is 0 Å². The van der Waals surface area contributed by atoms with Crippen LogP contribution in [0, 0.1) is 0 Å². The highest BCUT2D eigenvalue weighted by Crippen LogP contribution is 2.18. The lowest BCUT2D eigenvalue weighted by Crippen LogP contribution is -2.29. The van der Waals surface area contributed by atoms with Crippen LogP contribution >= 0.6 is 0 Å². The van der Waals surface area contributed by atoms with Crippen LogP contribution in [-0.4, -0.2) is 30.0 Å². The summed E-state index contributed by atoms with van der Waals surface area (Å²) in [5.74, 6) is 0.380. The van der Waals surface area contributed by atoms with Gasteiger partial charge in [0, 0.05) is 12.1 Å². The van der Waals surface area contributed by atoms with Crippen molar-refractivity contribution in [3.05, 3.63) is 29.8 Å². The highest BCUT2D eigenvalue weighted by molar-refractivity contribution is 6.00. The van der Waals surface area contributed by atoms with E-state index in [1.807, 2.05) is 6.07 Å². The summed E-state index contributed by atoms with van der Waals surface area (Å²) in [7, 11) is 0. The van der Waals surface area contributed by atoms with Crippen LogP contribution in [0.15, 0.2) is 29.4 Å². The molecule has 19 heavy (non-hydrogen) atoms. The summed E-state index contributed by atoms with van der Waals surface area (Å²) in [6.07, 6.45) is 1.99. The lowest BCUT2D eigenvalue weighted by Gasteiger charge is -2.10. The van der Waals surface area contributed by atoms with Crippen molar-refractivity contribution < 1.29 is 14.7 Å². The molecule has 0 bridgehead atoms. The van der Waals surface area contributed by atoms with Crippen LogP contribution in [0.2, 0.25) is 0 Å². The first-order valence-corrected chi connectivity index (χ1v) is 6.36. The first-order chi connectivity index (χ1) is 9.19. The lowest BCUT2D eigenvalue weighted by molar-refractivity contribution is -0.123. The quantitative estimate of drug-likeness (QED) is 0.343. The molecule has 0 heterocycles. The first-order valence-electron chi connectivity index (χ1n) is 6.36. The third-order valence-electron chi connectivity index (χ3n) is 2.64. The fourth-order valence-electron chi connectivity index (χ4n) is 1.54. The van der Waals surface area contributed by atoms with Crippen molar-refractivity contribution in [3.8, 4) is 5.75 Å². The first kappa shape index (κ1) is 15.0. The van der Waals surface area contributed by atoms with Crippen LogP contribution in [0.25, 0.3) is 0 Å². The molecule has 0 saturated carbocycles. The third-order valence-corrected chi connectivity index (χ3v) is 2.64. The van der Waals surface area contributed by atoms with Crippen LogP contribution in [0.3, 0.4) is 0 Å². The van der Waals surface area contributed by atoms with E-state index in [9.17, 15) is 4.79 Å². The maximum Gasteiger partial charge on any atom is 0.257 e. The Kier molecular flexibility index (Phi) is 6.43. The molecule has 5 nitrogen and oxygen atoms in total. The topological polar surface area (TPSA) is 70.9 Å². The van der Waals surface area contributed by atoms with Gasteiger partial charge in [-0.1, -0.05) is 30.6 Å². The number of oxime groups is 1. The van der Waals surface area contributed by atoms with Crippen molar-refractivity contribution >= 4 is 11.6 Å². The number of ether oxygens (including phenoxy) is 1. The minimum absolute atomic E-state index is 0.0422. The highest BCUT2D eigenvalue weighted by atomic mass is 16.5. The Morgan fingerprint density at radius 1 is 1.42 bits per heavy atom. The van der Waals surface area contributed by atoms with Gasteiger partial charge in [-0.3, -0.25) is 4.79 Å². The van der Waals surface area contributed by atoms with Crippen LogP contribution in [0.1, 0.15) is 32.3 Å². The number of carbonyl (C=O) groups excluding carboxylic acids is 1. The molecule has 5 heteroatoms. The number of nitrogens with zero attached hydrogens (tertiary/aromatic N) is 1. The molecule has 0 aliphatic carbocycles. The summed E-state index contributed by atoms with van der Waals surface area (Å²) in [6.45, 7) is 4.36. The molecule has 2 N–H and O–H groups in total. The molecule has 0 aliphatic heterocycles. The number of hydrogen-bond donors (Lipinski definition) is 2. The van der Waals surface area contributed by atoms with Crippen LogP contribution in [0.4, 0.5) is 0 Å². The smallest absolute Gasteiger partial charge is 0.257 e. The number of rotatable bonds is 7. The Hall–Kier alpha value is -2.04. The average molecular weight is 264 g/mol. The molecular formula is C14H20N2O3. The second kappa shape index (κ2) is 8.13. The number of carbonyl (C=O) groups is 1. The van der Waals surface area contributed by atoms with E-state index in [1.165, 1.54) is 0 Å². The van der Waals surface area contributed by atoms with Crippen molar-refractivity contribution in [1.29, 1.82) is 0 Å². The molecule has 104 valence electrons. The maximum atomic E-state index is 11.5. The van der Waals surface area contributed by atoms with Gasteiger partial charge in [0.1, 0.15) is 5.75 Å². The number of unbranched alkanes of at least 4 members (excludes halogenated alkanes) is 1. The van der Waals surface area contributed by atoms with Gasteiger partial charge in [-0.15, -0.1) is 0 Å². The second-order valence-corrected chi connectivity index (χ2v) is 4.17. The number of nitrogens with one attached hydrogen (secondary N) is 1. The molecule has 0 aromatic heterocycles. The van der Waals surface area contributed by atoms with E-state index in [1.54, 1.807) is 25.1 Å². The largest absolute Gasteiger partial charge is 0.483 e. The molecule has 0 saturated heterocycles. The van der Waals surface area contributed by atoms with E-state index in [0.717, 1.165) is 12.8 Å². The van der Waals surface area contributed by atoms with Gasteiger partial charge < -0.3 is 15.3 Å². The molecule has 0 spiro atoms. The molecule has 0 aliphatic rings. The fraction of sp³-hybridized carbons (Fsp3) is 0.429. The summed E-state index contributed by atoms with van der Waals surface area (Å²) in [5, 5.41) is 14.7. The molecule has 1 rings (SSSR count). The summed E-state index contributed by atoms with van der Waals surface area (Å²) in [6, 6.07) is 7.14. The Morgan fingerprint density at radius 3 is 2.84 bits per heavy atom. The van der Waals surface area contributed by atoms with Crippen LogP contribution in [0.5, 0.6) is 5.75 Å². The zero-order chi connectivity index (χ0) is 14.1. The Bertz CT molecular complexity index is 444. The average Bonchev–Trinajstić information content (AvgIpc) is 2.45. The Morgan fingerprint density at radius 2 is 2.16 bits per heavy atom.